The molecule has 0 bridgehead atoms. The summed E-state index contributed by atoms with van der Waals surface area (Å²) in [5.74, 6) is 0.280. The Morgan fingerprint density at radius 3 is 2.52 bits per heavy atom. The molecular formula is C24H22N4O3. The number of likely N-dealkylation sites (N-methyl/N-ethyl adjacent to an activating group) is 1. The molecule has 7 nitrogen and oxygen atoms in total. The van der Waals surface area contributed by atoms with Crippen molar-refractivity contribution in [2.75, 3.05) is 24.4 Å². The minimum atomic E-state index is -1.08. The van der Waals surface area contributed by atoms with Crippen LogP contribution in [0, 0.1) is 0 Å². The van der Waals surface area contributed by atoms with E-state index in [1.807, 2.05) is 54.6 Å². The molecule has 3 aromatic rings. The highest BCUT2D eigenvalue weighted by molar-refractivity contribution is 6.20. The monoisotopic (exact) mass is 414 g/mol. The van der Waals surface area contributed by atoms with E-state index < -0.39 is 12.2 Å². The van der Waals surface area contributed by atoms with Crippen molar-refractivity contribution in [1.29, 1.82) is 0 Å². The third-order valence-electron chi connectivity index (χ3n) is 4.99. The van der Waals surface area contributed by atoms with Gasteiger partial charge in [-0.05, 0) is 18.2 Å². The van der Waals surface area contributed by atoms with Crippen LogP contribution in [0.1, 0.15) is 11.1 Å². The van der Waals surface area contributed by atoms with Gasteiger partial charge in [0.15, 0.2) is 0 Å². The van der Waals surface area contributed by atoms with Crippen LogP contribution in [-0.2, 0) is 4.79 Å². The van der Waals surface area contributed by atoms with Crippen molar-refractivity contribution < 1.29 is 14.3 Å². The molecule has 0 spiro atoms. The van der Waals surface area contributed by atoms with Gasteiger partial charge in [-0.2, -0.15) is 0 Å². The summed E-state index contributed by atoms with van der Waals surface area (Å²) in [4.78, 5) is 32.0. The summed E-state index contributed by atoms with van der Waals surface area (Å²) in [5.41, 5.74) is 3.59. The smallest absolute Gasteiger partial charge is 0.321 e. The van der Waals surface area contributed by atoms with Crippen LogP contribution in [0.25, 0.3) is 0 Å². The summed E-state index contributed by atoms with van der Waals surface area (Å²) in [6.45, 7) is 0. The maximum Gasteiger partial charge on any atom is 0.321 e. The molecule has 3 aromatic carbocycles. The highest BCUT2D eigenvalue weighted by Gasteiger charge is 2.30. The number of hydrogen-bond acceptors (Lipinski definition) is 4. The standard InChI is InChI=1S/C24H22N4O3/c1-28-20-14-7-6-13-19(20)21(16-9-4-3-5-10-16)26-22(23(28)29)27-24(30)25-17-11-8-12-18(15-17)31-2/h3-15,22H,1-2H3,(H2,25,27,30)/t22-/m1/s1. The molecule has 0 saturated heterocycles. The molecule has 1 heterocycles. The lowest BCUT2D eigenvalue weighted by Gasteiger charge is -2.21. The number of aliphatic imine (C=N–C) groups is 1. The molecule has 31 heavy (non-hydrogen) atoms. The van der Waals surface area contributed by atoms with E-state index in [9.17, 15) is 9.59 Å². The number of carbonyl (C=O) groups excluding carboxylic acids is 2. The molecule has 0 radical (unpaired) electrons. The number of hydrogen-bond donors (Lipinski definition) is 2. The number of anilines is 2. The third-order valence-corrected chi connectivity index (χ3v) is 4.99. The van der Waals surface area contributed by atoms with Crippen LogP contribution in [0.5, 0.6) is 5.75 Å². The van der Waals surface area contributed by atoms with E-state index in [0.29, 0.717) is 17.1 Å². The van der Waals surface area contributed by atoms with Crippen molar-refractivity contribution in [1.82, 2.24) is 5.32 Å². The Labute approximate surface area is 180 Å². The first-order valence-electron chi connectivity index (χ1n) is 9.78. The van der Waals surface area contributed by atoms with Crippen molar-refractivity contribution in [2.45, 2.75) is 6.17 Å². The predicted molar refractivity (Wildman–Crippen MR) is 121 cm³/mol. The van der Waals surface area contributed by atoms with Crippen molar-refractivity contribution in [3.05, 3.63) is 90.0 Å². The van der Waals surface area contributed by atoms with Gasteiger partial charge in [0.25, 0.3) is 5.91 Å². The Morgan fingerprint density at radius 1 is 1.00 bits per heavy atom. The van der Waals surface area contributed by atoms with Crippen LogP contribution in [-0.4, -0.2) is 38.0 Å². The quantitative estimate of drug-likeness (QED) is 0.684. The number of ether oxygens (including phenoxy) is 1. The van der Waals surface area contributed by atoms with Crippen molar-refractivity contribution >= 4 is 29.0 Å². The van der Waals surface area contributed by atoms with Crippen molar-refractivity contribution in [2.24, 2.45) is 4.99 Å². The first kappa shape index (κ1) is 20.2. The first-order chi connectivity index (χ1) is 15.1. The van der Waals surface area contributed by atoms with Gasteiger partial charge < -0.3 is 20.3 Å². The summed E-state index contributed by atoms with van der Waals surface area (Å²) in [5, 5.41) is 5.42. The molecule has 156 valence electrons. The largest absolute Gasteiger partial charge is 0.497 e. The Morgan fingerprint density at radius 2 is 1.74 bits per heavy atom. The molecule has 0 unspecified atom stereocenters. The molecule has 0 aliphatic carbocycles. The number of nitrogens with one attached hydrogen (secondary N) is 2. The van der Waals surface area contributed by atoms with Crippen LogP contribution in [0.15, 0.2) is 83.9 Å². The fourth-order valence-corrected chi connectivity index (χ4v) is 3.43. The number of benzodiazepines with no additional fused rings is 1. The highest BCUT2D eigenvalue weighted by atomic mass is 16.5. The number of para-hydroxylation sites is 1. The first-order valence-corrected chi connectivity index (χ1v) is 9.78. The highest BCUT2D eigenvalue weighted by Crippen LogP contribution is 2.27. The Bertz CT molecular complexity index is 1140. The zero-order chi connectivity index (χ0) is 21.8. The number of fused-ring (bicyclic) bond motifs is 1. The lowest BCUT2D eigenvalue weighted by molar-refractivity contribution is -0.119. The second kappa shape index (κ2) is 8.71. The van der Waals surface area contributed by atoms with Crippen molar-refractivity contribution in [3.63, 3.8) is 0 Å². The van der Waals surface area contributed by atoms with E-state index in [1.165, 1.54) is 4.90 Å². The number of carbonyl (C=O) groups is 2. The Balaban J connectivity index is 1.66. The predicted octanol–water partition coefficient (Wildman–Crippen LogP) is 3.66. The normalized spacial score (nSPS) is 15.4. The summed E-state index contributed by atoms with van der Waals surface area (Å²) < 4.78 is 5.18. The fourth-order valence-electron chi connectivity index (χ4n) is 3.43. The van der Waals surface area contributed by atoms with E-state index in [0.717, 1.165) is 16.8 Å². The van der Waals surface area contributed by atoms with E-state index in [-0.39, 0.29) is 5.91 Å². The molecule has 0 aromatic heterocycles. The van der Waals surface area contributed by atoms with Crippen LogP contribution in [0.4, 0.5) is 16.2 Å². The number of methoxy groups -OCH3 is 1. The lowest BCUT2D eigenvalue weighted by atomic mass is 10.0. The zero-order valence-electron chi connectivity index (χ0n) is 17.2. The van der Waals surface area contributed by atoms with E-state index >= 15 is 0 Å². The van der Waals surface area contributed by atoms with Gasteiger partial charge in [0.05, 0.1) is 18.5 Å². The van der Waals surface area contributed by atoms with Gasteiger partial charge >= 0.3 is 6.03 Å². The van der Waals surface area contributed by atoms with Gasteiger partial charge in [0.1, 0.15) is 5.75 Å². The maximum absolute atomic E-state index is 13.1. The SMILES string of the molecule is COc1cccc(NC(=O)N[C@H]2N=C(c3ccccc3)c3ccccc3N(C)C2=O)c1. The molecule has 1 atom stereocenters. The second-order valence-electron chi connectivity index (χ2n) is 6.99. The number of urea groups is 1. The van der Waals surface area contributed by atoms with Gasteiger partial charge in [-0.3, -0.25) is 4.79 Å². The van der Waals surface area contributed by atoms with E-state index in [1.54, 1.807) is 38.4 Å². The second-order valence-corrected chi connectivity index (χ2v) is 6.99. The van der Waals surface area contributed by atoms with Gasteiger partial charge in [-0.1, -0.05) is 54.6 Å². The molecule has 0 saturated carbocycles. The van der Waals surface area contributed by atoms with Gasteiger partial charge in [0, 0.05) is 29.9 Å². The van der Waals surface area contributed by atoms with Gasteiger partial charge in [-0.25, -0.2) is 9.79 Å². The van der Waals surface area contributed by atoms with Gasteiger partial charge in [0.2, 0.25) is 6.17 Å². The molecule has 4 rings (SSSR count). The van der Waals surface area contributed by atoms with E-state index in [2.05, 4.69) is 15.6 Å². The van der Waals surface area contributed by atoms with E-state index in [4.69, 9.17) is 4.74 Å². The third kappa shape index (κ3) is 4.25. The molecule has 1 aliphatic heterocycles. The molecule has 2 N–H and O–H groups in total. The summed E-state index contributed by atoms with van der Waals surface area (Å²) in [6, 6.07) is 23.6. The number of amides is 3. The Kier molecular flexibility index (Phi) is 5.66. The maximum atomic E-state index is 13.1. The van der Waals surface area contributed by atoms with Crippen LogP contribution in [0.3, 0.4) is 0 Å². The Hall–Kier alpha value is -4.13. The molecule has 7 heteroatoms. The lowest BCUT2D eigenvalue weighted by Crippen LogP contribution is -2.47. The van der Waals surface area contributed by atoms with Crippen LogP contribution in [0.2, 0.25) is 0 Å². The minimum absolute atomic E-state index is 0.334. The summed E-state index contributed by atoms with van der Waals surface area (Å²) in [7, 11) is 3.23. The van der Waals surface area contributed by atoms with Crippen LogP contribution >= 0.6 is 0 Å². The molecular weight excluding hydrogens is 392 g/mol. The fraction of sp³-hybridized carbons (Fsp3) is 0.125. The molecule has 1 aliphatic rings. The van der Waals surface area contributed by atoms with Crippen molar-refractivity contribution in [3.8, 4) is 5.75 Å². The summed E-state index contributed by atoms with van der Waals surface area (Å²) in [6.07, 6.45) is -1.08. The topological polar surface area (TPSA) is 83.0 Å². The number of benzene rings is 3. The summed E-state index contributed by atoms with van der Waals surface area (Å²) >= 11 is 0. The molecule has 0 fully saturated rings. The zero-order valence-corrected chi connectivity index (χ0v) is 17.2. The minimum Gasteiger partial charge on any atom is -0.497 e. The average Bonchev–Trinajstić information content (AvgIpc) is 2.90. The molecule has 3 amide bonds. The number of nitrogens with zero attached hydrogens (tertiary/aromatic N) is 2. The van der Waals surface area contributed by atoms with Crippen LogP contribution < -0.4 is 20.3 Å². The average molecular weight is 414 g/mol. The number of rotatable bonds is 4. The van der Waals surface area contributed by atoms with Gasteiger partial charge in [-0.15, -0.1) is 0 Å².